The van der Waals surface area contributed by atoms with Crippen LogP contribution >= 0.6 is 12.4 Å². The average molecular weight is 364 g/mol. The largest absolute Gasteiger partial charge is 0.455 e. The molecule has 0 radical (unpaired) electrons. The molecule has 0 bridgehead atoms. The number of carbonyl (C=O) groups excluding carboxylic acids is 1. The van der Waals surface area contributed by atoms with E-state index in [1.54, 1.807) is 4.90 Å². The van der Waals surface area contributed by atoms with Crippen LogP contribution in [0, 0.1) is 18.8 Å². The minimum Gasteiger partial charge on any atom is -0.455 e. The Kier molecular flexibility index (Phi) is 5.40. The minimum absolute atomic E-state index is 0. The molecule has 2 fully saturated rings. The molecule has 2 aliphatic heterocycles. The van der Waals surface area contributed by atoms with Crippen LogP contribution in [0.2, 0.25) is 0 Å². The zero-order valence-corrected chi connectivity index (χ0v) is 14.6. The molecule has 9 heteroatoms. The number of carbonyl (C=O) groups is 1. The zero-order chi connectivity index (χ0) is 15.9. The molecule has 130 valence electrons. The molecule has 3 rings (SSSR count). The van der Waals surface area contributed by atoms with Crippen molar-refractivity contribution in [2.24, 2.45) is 17.0 Å². The van der Waals surface area contributed by atoms with Crippen molar-refractivity contribution in [3.8, 4) is 0 Å². The Labute approximate surface area is 142 Å². The molecule has 0 saturated carbocycles. The summed E-state index contributed by atoms with van der Waals surface area (Å²) in [6.07, 6.45) is 1.93. The number of hydrogen-bond acceptors (Lipinski definition) is 5. The minimum atomic E-state index is -3.87. The number of fused-ring (bicyclic) bond motifs is 1. The van der Waals surface area contributed by atoms with E-state index in [1.807, 2.05) is 0 Å². The Morgan fingerprint density at radius 3 is 2.35 bits per heavy atom. The number of rotatable bonds is 2. The first kappa shape index (κ1) is 18.3. The van der Waals surface area contributed by atoms with Gasteiger partial charge in [-0.15, -0.1) is 12.4 Å². The first-order valence-electron chi connectivity index (χ1n) is 7.49. The van der Waals surface area contributed by atoms with Gasteiger partial charge in [0, 0.05) is 19.2 Å². The third-order valence-electron chi connectivity index (χ3n) is 4.70. The lowest BCUT2D eigenvalue weighted by atomic mass is 9.92. The molecule has 1 aromatic heterocycles. The first-order valence-corrected chi connectivity index (χ1v) is 9.04. The fourth-order valence-corrected chi connectivity index (χ4v) is 4.14. The first-order chi connectivity index (χ1) is 10.4. The zero-order valence-electron chi connectivity index (χ0n) is 12.9. The summed E-state index contributed by atoms with van der Waals surface area (Å²) in [5.41, 5.74) is 0. The van der Waals surface area contributed by atoms with Crippen molar-refractivity contribution < 1.29 is 17.6 Å². The summed E-state index contributed by atoms with van der Waals surface area (Å²) in [5, 5.41) is 8.51. The summed E-state index contributed by atoms with van der Waals surface area (Å²) in [6.45, 7) is 4.87. The molecule has 2 aliphatic rings. The monoisotopic (exact) mass is 363 g/mol. The van der Waals surface area contributed by atoms with Gasteiger partial charge in [-0.1, -0.05) is 0 Å². The number of primary sulfonamides is 1. The van der Waals surface area contributed by atoms with E-state index in [0.717, 1.165) is 25.9 Å². The lowest BCUT2D eigenvalue weighted by Gasteiger charge is -2.19. The van der Waals surface area contributed by atoms with E-state index in [9.17, 15) is 13.2 Å². The molecule has 1 aromatic rings. The van der Waals surface area contributed by atoms with Crippen molar-refractivity contribution in [3.63, 3.8) is 0 Å². The van der Waals surface area contributed by atoms with Gasteiger partial charge in [-0.2, -0.15) is 0 Å². The van der Waals surface area contributed by atoms with Gasteiger partial charge in [0.05, 0.1) is 0 Å². The van der Waals surface area contributed by atoms with Gasteiger partial charge in [-0.3, -0.25) is 4.79 Å². The molecule has 0 spiro atoms. The Morgan fingerprint density at radius 2 is 1.87 bits per heavy atom. The number of hydrogen-bond donors (Lipinski definition) is 2. The summed E-state index contributed by atoms with van der Waals surface area (Å²) in [7, 11) is -3.87. The van der Waals surface area contributed by atoms with Gasteiger partial charge >= 0.3 is 0 Å². The molecule has 2 atom stereocenters. The fourth-order valence-electron chi connectivity index (χ4n) is 3.43. The van der Waals surface area contributed by atoms with Crippen molar-refractivity contribution in [1.29, 1.82) is 0 Å². The van der Waals surface area contributed by atoms with Crippen LogP contribution in [0.25, 0.3) is 0 Å². The number of furan rings is 1. The van der Waals surface area contributed by atoms with Gasteiger partial charge in [0.2, 0.25) is 10.0 Å². The lowest BCUT2D eigenvalue weighted by molar-refractivity contribution is 0.0725. The molecular weight excluding hydrogens is 342 g/mol. The van der Waals surface area contributed by atoms with Gasteiger partial charge < -0.3 is 14.6 Å². The van der Waals surface area contributed by atoms with E-state index in [-0.39, 0.29) is 34.7 Å². The molecule has 2 saturated heterocycles. The highest BCUT2D eigenvalue weighted by atomic mass is 35.5. The SMILES string of the molecule is Cc1oc(C(=O)N2CC[C@@H]3CNC[C@@H]3CC2)cc1S(N)(=O)=O.Cl. The van der Waals surface area contributed by atoms with Gasteiger partial charge in [0.1, 0.15) is 10.7 Å². The van der Waals surface area contributed by atoms with E-state index in [4.69, 9.17) is 9.56 Å². The van der Waals surface area contributed by atoms with Crippen LogP contribution in [0.4, 0.5) is 0 Å². The summed E-state index contributed by atoms with van der Waals surface area (Å²) in [5.74, 6) is 1.19. The van der Waals surface area contributed by atoms with E-state index in [0.29, 0.717) is 24.9 Å². The van der Waals surface area contributed by atoms with Crippen molar-refractivity contribution in [1.82, 2.24) is 10.2 Å². The molecule has 23 heavy (non-hydrogen) atoms. The number of nitrogens with zero attached hydrogens (tertiary/aromatic N) is 1. The number of sulfonamides is 1. The van der Waals surface area contributed by atoms with Gasteiger partial charge in [0.15, 0.2) is 5.76 Å². The highest BCUT2D eigenvalue weighted by Crippen LogP contribution is 2.28. The lowest BCUT2D eigenvalue weighted by Crippen LogP contribution is -2.32. The molecule has 3 heterocycles. The number of nitrogens with one attached hydrogen (secondary N) is 1. The standard InChI is InChI=1S/C14H21N3O4S.ClH/c1-9-13(22(15,19)20)6-12(21-9)14(18)17-4-2-10-7-16-8-11(10)3-5-17;/h6,10-11,16H,2-5,7-8H2,1H3,(H2,15,19,20);1H/t10-,11+;. The quantitative estimate of drug-likeness (QED) is 0.805. The van der Waals surface area contributed by atoms with Crippen molar-refractivity contribution in [2.75, 3.05) is 26.2 Å². The van der Waals surface area contributed by atoms with E-state index < -0.39 is 10.0 Å². The maximum Gasteiger partial charge on any atom is 0.289 e. The second kappa shape index (κ2) is 6.80. The maximum absolute atomic E-state index is 12.5. The molecule has 0 aliphatic carbocycles. The van der Waals surface area contributed by atoms with Crippen molar-refractivity contribution in [2.45, 2.75) is 24.7 Å². The van der Waals surface area contributed by atoms with Crippen molar-refractivity contribution in [3.05, 3.63) is 17.6 Å². The Bertz CT molecular complexity index is 674. The predicted octanol–water partition coefficient (Wildman–Crippen LogP) is 0.729. The van der Waals surface area contributed by atoms with E-state index >= 15 is 0 Å². The third-order valence-corrected chi connectivity index (χ3v) is 5.71. The van der Waals surface area contributed by atoms with Gasteiger partial charge in [0.25, 0.3) is 5.91 Å². The molecule has 1 amide bonds. The molecular formula is C14H22ClN3O4S. The van der Waals surface area contributed by atoms with Crippen LogP contribution in [0.15, 0.2) is 15.4 Å². The number of likely N-dealkylation sites (tertiary alicyclic amines) is 1. The number of aryl methyl sites for hydroxylation is 1. The van der Waals surface area contributed by atoms with Crippen LogP contribution in [-0.4, -0.2) is 45.4 Å². The summed E-state index contributed by atoms with van der Waals surface area (Å²) in [4.78, 5) is 14.2. The molecule has 3 N–H and O–H groups in total. The normalized spacial score (nSPS) is 24.7. The Balaban J connectivity index is 0.00000192. The number of amides is 1. The second-order valence-electron chi connectivity index (χ2n) is 6.12. The highest BCUT2D eigenvalue weighted by Gasteiger charge is 2.33. The van der Waals surface area contributed by atoms with E-state index in [1.165, 1.54) is 13.0 Å². The molecule has 0 aromatic carbocycles. The van der Waals surface area contributed by atoms with Crippen LogP contribution in [-0.2, 0) is 10.0 Å². The summed E-state index contributed by atoms with van der Waals surface area (Å²) >= 11 is 0. The van der Waals surface area contributed by atoms with Crippen molar-refractivity contribution >= 4 is 28.3 Å². The highest BCUT2D eigenvalue weighted by molar-refractivity contribution is 7.89. The average Bonchev–Trinajstić information content (AvgIpc) is 3.00. The van der Waals surface area contributed by atoms with Gasteiger partial charge in [-0.25, -0.2) is 13.6 Å². The summed E-state index contributed by atoms with van der Waals surface area (Å²) in [6, 6.07) is 1.24. The molecule has 0 unspecified atom stereocenters. The predicted molar refractivity (Wildman–Crippen MR) is 87.1 cm³/mol. The van der Waals surface area contributed by atoms with Gasteiger partial charge in [-0.05, 0) is 44.7 Å². The molecule has 7 nitrogen and oxygen atoms in total. The Hall–Kier alpha value is -1.09. The number of halogens is 1. The second-order valence-corrected chi connectivity index (χ2v) is 7.65. The van der Waals surface area contributed by atoms with Crippen LogP contribution in [0.3, 0.4) is 0 Å². The van der Waals surface area contributed by atoms with Crippen LogP contribution in [0.5, 0.6) is 0 Å². The van der Waals surface area contributed by atoms with Crippen LogP contribution < -0.4 is 10.5 Å². The maximum atomic E-state index is 12.5. The number of nitrogens with two attached hydrogens (primary N) is 1. The fraction of sp³-hybridized carbons (Fsp3) is 0.643. The Morgan fingerprint density at radius 1 is 1.30 bits per heavy atom. The third kappa shape index (κ3) is 3.71. The van der Waals surface area contributed by atoms with E-state index in [2.05, 4.69) is 5.32 Å². The summed E-state index contributed by atoms with van der Waals surface area (Å²) < 4.78 is 28.2. The smallest absolute Gasteiger partial charge is 0.289 e. The van der Waals surface area contributed by atoms with Crippen LogP contribution in [0.1, 0.15) is 29.2 Å². The topological polar surface area (TPSA) is 106 Å².